The quantitative estimate of drug-likeness (QED) is 0.758. The molecule has 0 aliphatic heterocycles. The van der Waals surface area contributed by atoms with E-state index in [0.29, 0.717) is 18.4 Å². The maximum atomic E-state index is 11.7. The first-order chi connectivity index (χ1) is 9.76. The van der Waals surface area contributed by atoms with Gasteiger partial charge in [-0.3, -0.25) is 4.68 Å². The Morgan fingerprint density at radius 2 is 1.95 bits per heavy atom. The van der Waals surface area contributed by atoms with E-state index < -0.39 is 9.84 Å². The highest BCUT2D eigenvalue weighted by molar-refractivity contribution is 7.91. The average molecular weight is 315 g/mol. The zero-order chi connectivity index (χ0) is 16.0. The predicted molar refractivity (Wildman–Crippen MR) is 87.2 cm³/mol. The molecule has 1 aromatic heterocycles. The first kappa shape index (κ1) is 18.2. The first-order valence-corrected chi connectivity index (χ1v) is 9.54. The van der Waals surface area contributed by atoms with Gasteiger partial charge in [-0.05, 0) is 18.4 Å². The number of rotatable bonds is 9. The van der Waals surface area contributed by atoms with Gasteiger partial charge in [0.1, 0.15) is 0 Å². The monoisotopic (exact) mass is 315 g/mol. The predicted octanol–water partition coefficient (Wildman–Crippen LogP) is 2.19. The number of aryl methyl sites for hydroxylation is 1. The third kappa shape index (κ3) is 5.79. The Hall–Kier alpha value is -0.880. The highest BCUT2D eigenvalue weighted by Crippen LogP contribution is 2.19. The minimum absolute atomic E-state index is 0.157. The highest BCUT2D eigenvalue weighted by Gasteiger charge is 2.16. The average Bonchev–Trinajstić information content (AvgIpc) is 2.79. The SMILES string of the molecule is CCS(=O)(=O)CCn1ncc(CNCC(C)C)c1C(C)C. The molecule has 21 heavy (non-hydrogen) atoms. The summed E-state index contributed by atoms with van der Waals surface area (Å²) < 4.78 is 25.2. The highest BCUT2D eigenvalue weighted by atomic mass is 32.2. The van der Waals surface area contributed by atoms with Crippen LogP contribution in [0.1, 0.15) is 51.8 Å². The lowest BCUT2D eigenvalue weighted by atomic mass is 10.1. The molecular weight excluding hydrogens is 286 g/mol. The maximum absolute atomic E-state index is 11.7. The van der Waals surface area contributed by atoms with E-state index in [4.69, 9.17) is 0 Å². The molecule has 1 N–H and O–H groups in total. The van der Waals surface area contributed by atoms with Gasteiger partial charge in [0.05, 0.1) is 18.5 Å². The Morgan fingerprint density at radius 1 is 1.29 bits per heavy atom. The molecule has 0 aliphatic rings. The summed E-state index contributed by atoms with van der Waals surface area (Å²) in [6.07, 6.45) is 1.86. The molecule has 0 spiro atoms. The van der Waals surface area contributed by atoms with Gasteiger partial charge in [-0.2, -0.15) is 5.10 Å². The van der Waals surface area contributed by atoms with Crippen molar-refractivity contribution in [2.24, 2.45) is 5.92 Å². The minimum atomic E-state index is -2.96. The van der Waals surface area contributed by atoms with Crippen molar-refractivity contribution in [3.8, 4) is 0 Å². The van der Waals surface area contributed by atoms with Crippen molar-refractivity contribution in [1.82, 2.24) is 15.1 Å². The molecule has 0 unspecified atom stereocenters. The summed E-state index contributed by atoms with van der Waals surface area (Å²) in [5.41, 5.74) is 2.30. The number of hydrogen-bond acceptors (Lipinski definition) is 4. The van der Waals surface area contributed by atoms with Gasteiger partial charge in [0.15, 0.2) is 9.84 Å². The smallest absolute Gasteiger partial charge is 0.151 e. The molecule has 0 atom stereocenters. The van der Waals surface area contributed by atoms with E-state index in [1.54, 1.807) is 6.92 Å². The number of aromatic nitrogens is 2. The Balaban J connectivity index is 2.79. The third-order valence-electron chi connectivity index (χ3n) is 3.43. The van der Waals surface area contributed by atoms with Crippen LogP contribution in [0.2, 0.25) is 0 Å². The van der Waals surface area contributed by atoms with Crippen LogP contribution in [0, 0.1) is 5.92 Å². The second-order valence-corrected chi connectivity index (χ2v) is 8.67. The van der Waals surface area contributed by atoms with Gasteiger partial charge < -0.3 is 5.32 Å². The molecule has 0 bridgehead atoms. The van der Waals surface area contributed by atoms with E-state index in [1.807, 2.05) is 10.9 Å². The van der Waals surface area contributed by atoms with Crippen molar-refractivity contribution in [3.63, 3.8) is 0 Å². The topological polar surface area (TPSA) is 64.0 Å². The van der Waals surface area contributed by atoms with Crippen LogP contribution < -0.4 is 5.32 Å². The number of nitrogens with one attached hydrogen (secondary N) is 1. The van der Waals surface area contributed by atoms with Gasteiger partial charge in [0, 0.05) is 23.6 Å². The van der Waals surface area contributed by atoms with Crippen LogP contribution in [-0.2, 0) is 22.9 Å². The van der Waals surface area contributed by atoms with Gasteiger partial charge in [0.2, 0.25) is 0 Å². The molecule has 1 rings (SSSR count). The van der Waals surface area contributed by atoms with Crippen molar-refractivity contribution >= 4 is 9.84 Å². The second kappa shape index (κ2) is 7.94. The van der Waals surface area contributed by atoms with E-state index in [0.717, 1.165) is 18.8 Å². The third-order valence-corrected chi connectivity index (χ3v) is 5.11. The van der Waals surface area contributed by atoms with E-state index in [9.17, 15) is 8.42 Å². The van der Waals surface area contributed by atoms with E-state index in [-0.39, 0.29) is 11.5 Å². The number of nitrogens with zero attached hydrogens (tertiary/aromatic N) is 2. The molecule has 122 valence electrons. The van der Waals surface area contributed by atoms with Gasteiger partial charge in [-0.15, -0.1) is 0 Å². The molecule has 0 amide bonds. The van der Waals surface area contributed by atoms with Crippen molar-refractivity contribution in [1.29, 1.82) is 0 Å². The molecule has 0 radical (unpaired) electrons. The van der Waals surface area contributed by atoms with Crippen LogP contribution in [0.15, 0.2) is 6.20 Å². The van der Waals surface area contributed by atoms with Crippen molar-refractivity contribution in [2.45, 2.75) is 53.6 Å². The van der Waals surface area contributed by atoms with E-state index in [1.165, 1.54) is 5.56 Å². The molecule has 5 nitrogen and oxygen atoms in total. The first-order valence-electron chi connectivity index (χ1n) is 7.72. The van der Waals surface area contributed by atoms with Crippen LogP contribution in [0.4, 0.5) is 0 Å². The fourth-order valence-corrected chi connectivity index (χ4v) is 3.02. The summed E-state index contributed by atoms with van der Waals surface area (Å²) in [5.74, 6) is 1.28. The van der Waals surface area contributed by atoms with Gasteiger partial charge in [0.25, 0.3) is 0 Å². The summed E-state index contributed by atoms with van der Waals surface area (Å²) in [6.45, 7) is 12.5. The van der Waals surface area contributed by atoms with Crippen LogP contribution in [-0.4, -0.2) is 36.2 Å². The number of sulfone groups is 1. The van der Waals surface area contributed by atoms with E-state index >= 15 is 0 Å². The Morgan fingerprint density at radius 3 is 2.48 bits per heavy atom. The summed E-state index contributed by atoms with van der Waals surface area (Å²) in [5, 5.41) is 7.81. The largest absolute Gasteiger partial charge is 0.312 e. The minimum Gasteiger partial charge on any atom is -0.312 e. The van der Waals surface area contributed by atoms with Gasteiger partial charge in [-0.1, -0.05) is 34.6 Å². The van der Waals surface area contributed by atoms with Crippen LogP contribution >= 0.6 is 0 Å². The molecule has 6 heteroatoms. The lowest BCUT2D eigenvalue weighted by Crippen LogP contribution is -2.21. The Bertz CT molecular complexity index is 533. The van der Waals surface area contributed by atoms with E-state index in [2.05, 4.69) is 38.1 Å². The fourth-order valence-electron chi connectivity index (χ4n) is 2.28. The molecular formula is C15H29N3O2S. The summed E-state index contributed by atoms with van der Waals surface area (Å²) in [6, 6.07) is 0. The molecule has 0 aliphatic carbocycles. The van der Waals surface area contributed by atoms with Crippen LogP contribution in [0.25, 0.3) is 0 Å². The fraction of sp³-hybridized carbons (Fsp3) is 0.800. The maximum Gasteiger partial charge on any atom is 0.151 e. The Labute approximate surface area is 129 Å². The summed E-state index contributed by atoms with van der Waals surface area (Å²) >= 11 is 0. The molecule has 1 heterocycles. The normalized spacial score (nSPS) is 12.5. The van der Waals surface area contributed by atoms with Gasteiger partial charge in [-0.25, -0.2) is 8.42 Å². The zero-order valence-electron chi connectivity index (χ0n) is 13.9. The van der Waals surface area contributed by atoms with Crippen molar-refractivity contribution in [2.75, 3.05) is 18.1 Å². The number of hydrogen-bond donors (Lipinski definition) is 1. The molecule has 0 aromatic carbocycles. The standard InChI is InChI=1S/C15H29N3O2S/c1-6-21(19,20)8-7-18-15(13(4)5)14(11-17-18)10-16-9-12(2)3/h11-13,16H,6-10H2,1-5H3. The lowest BCUT2D eigenvalue weighted by Gasteiger charge is -2.14. The van der Waals surface area contributed by atoms with Gasteiger partial charge >= 0.3 is 0 Å². The molecule has 0 saturated carbocycles. The van der Waals surface area contributed by atoms with Crippen LogP contribution in [0.3, 0.4) is 0 Å². The summed E-state index contributed by atoms with van der Waals surface area (Å²) in [4.78, 5) is 0. The molecule has 1 aromatic rings. The zero-order valence-corrected chi connectivity index (χ0v) is 14.7. The van der Waals surface area contributed by atoms with Crippen molar-refractivity contribution < 1.29 is 8.42 Å². The second-order valence-electron chi connectivity index (χ2n) is 6.19. The van der Waals surface area contributed by atoms with Crippen LogP contribution in [0.5, 0.6) is 0 Å². The lowest BCUT2D eigenvalue weighted by molar-refractivity contribution is 0.543. The molecule has 0 saturated heterocycles. The summed E-state index contributed by atoms with van der Waals surface area (Å²) in [7, 11) is -2.96. The van der Waals surface area contributed by atoms with Crippen molar-refractivity contribution in [3.05, 3.63) is 17.5 Å². The molecule has 0 fully saturated rings. The Kier molecular flexibility index (Phi) is 6.87.